The summed E-state index contributed by atoms with van der Waals surface area (Å²) < 4.78 is 0. The van der Waals surface area contributed by atoms with Crippen molar-refractivity contribution < 1.29 is 9.59 Å². The zero-order chi connectivity index (χ0) is 15.1. The van der Waals surface area contributed by atoms with Crippen molar-refractivity contribution in [3.05, 3.63) is 35.4 Å². The van der Waals surface area contributed by atoms with E-state index in [1.54, 1.807) is 0 Å². The lowest BCUT2D eigenvalue weighted by atomic mass is 9.67. The van der Waals surface area contributed by atoms with Gasteiger partial charge >= 0.3 is 0 Å². The van der Waals surface area contributed by atoms with Gasteiger partial charge in [0.15, 0.2) is 0 Å². The summed E-state index contributed by atoms with van der Waals surface area (Å²) >= 11 is 0. The van der Waals surface area contributed by atoms with Crippen molar-refractivity contribution in [2.24, 2.45) is 17.8 Å². The first-order valence-electron chi connectivity index (χ1n) is 8.61. The molecular formula is C19H23NO2. The summed E-state index contributed by atoms with van der Waals surface area (Å²) in [6.45, 7) is 1.57. The van der Waals surface area contributed by atoms with Crippen LogP contribution in [0.2, 0.25) is 0 Å². The molecule has 2 atom stereocenters. The lowest BCUT2D eigenvalue weighted by Crippen LogP contribution is -2.45. The maximum Gasteiger partial charge on any atom is 0.226 e. The number of hydrogen-bond acceptors (Lipinski definition) is 2. The van der Waals surface area contributed by atoms with Gasteiger partial charge < -0.3 is 4.90 Å². The zero-order valence-electron chi connectivity index (χ0n) is 13.0. The van der Waals surface area contributed by atoms with E-state index in [4.69, 9.17) is 0 Å². The largest absolute Gasteiger partial charge is 0.338 e. The summed E-state index contributed by atoms with van der Waals surface area (Å²) in [5.74, 6) is 1.15. The Hall–Kier alpha value is -1.64. The second-order valence-corrected chi connectivity index (χ2v) is 7.17. The maximum atomic E-state index is 12.9. The monoisotopic (exact) mass is 297 g/mol. The van der Waals surface area contributed by atoms with Crippen LogP contribution in [0.4, 0.5) is 0 Å². The minimum absolute atomic E-state index is 0.0817. The summed E-state index contributed by atoms with van der Waals surface area (Å²) in [5, 5.41) is 0. The van der Waals surface area contributed by atoms with Crippen LogP contribution in [0.1, 0.15) is 43.2 Å². The average Bonchev–Trinajstić information content (AvgIpc) is 2.53. The van der Waals surface area contributed by atoms with E-state index < -0.39 is 0 Å². The molecule has 1 aliphatic heterocycles. The Balaban J connectivity index is 1.48. The number of rotatable bonds is 1. The molecule has 3 aliphatic rings. The number of amides is 1. The molecule has 3 heteroatoms. The molecule has 2 fully saturated rings. The van der Waals surface area contributed by atoms with Gasteiger partial charge in [0, 0.05) is 30.8 Å². The van der Waals surface area contributed by atoms with Gasteiger partial charge in [0.05, 0.1) is 0 Å². The molecule has 0 saturated heterocycles. The van der Waals surface area contributed by atoms with Crippen LogP contribution < -0.4 is 0 Å². The Morgan fingerprint density at radius 1 is 1.05 bits per heavy atom. The van der Waals surface area contributed by atoms with Crippen molar-refractivity contribution in [3.63, 3.8) is 0 Å². The van der Waals surface area contributed by atoms with Crippen molar-refractivity contribution in [2.45, 2.75) is 45.1 Å². The van der Waals surface area contributed by atoms with Gasteiger partial charge in [-0.15, -0.1) is 0 Å². The molecule has 3 nitrogen and oxygen atoms in total. The number of benzene rings is 1. The molecule has 0 N–H and O–H groups in total. The van der Waals surface area contributed by atoms with Gasteiger partial charge in [0.2, 0.25) is 5.91 Å². The van der Waals surface area contributed by atoms with Crippen molar-refractivity contribution in [1.29, 1.82) is 0 Å². The second-order valence-electron chi connectivity index (χ2n) is 7.17. The first kappa shape index (κ1) is 14.0. The molecule has 0 aromatic heterocycles. The Bertz CT molecular complexity index is 593. The molecule has 2 unspecified atom stereocenters. The van der Waals surface area contributed by atoms with E-state index in [1.165, 1.54) is 17.5 Å². The summed E-state index contributed by atoms with van der Waals surface area (Å²) in [6.07, 6.45) is 5.72. The fourth-order valence-electron chi connectivity index (χ4n) is 4.62. The highest BCUT2D eigenvalue weighted by atomic mass is 16.2. The van der Waals surface area contributed by atoms with Crippen LogP contribution >= 0.6 is 0 Å². The van der Waals surface area contributed by atoms with Gasteiger partial charge in [0.1, 0.15) is 5.78 Å². The van der Waals surface area contributed by atoms with Crippen LogP contribution in [0.5, 0.6) is 0 Å². The molecule has 0 spiro atoms. The third-order valence-corrected chi connectivity index (χ3v) is 5.84. The van der Waals surface area contributed by atoms with Crippen molar-refractivity contribution in [3.8, 4) is 0 Å². The van der Waals surface area contributed by atoms with Gasteiger partial charge in [-0.2, -0.15) is 0 Å². The number of carbonyl (C=O) groups excluding carboxylic acids is 2. The molecule has 2 aliphatic carbocycles. The molecule has 1 amide bonds. The smallest absolute Gasteiger partial charge is 0.226 e. The molecule has 2 bridgehead atoms. The third kappa shape index (κ3) is 2.37. The fourth-order valence-corrected chi connectivity index (χ4v) is 4.62. The third-order valence-electron chi connectivity index (χ3n) is 5.84. The molecule has 1 aromatic rings. The average molecular weight is 297 g/mol. The molecule has 22 heavy (non-hydrogen) atoms. The van der Waals surface area contributed by atoms with E-state index in [0.29, 0.717) is 11.7 Å². The van der Waals surface area contributed by atoms with Gasteiger partial charge in [-0.05, 0) is 43.2 Å². The second kappa shape index (κ2) is 5.53. The van der Waals surface area contributed by atoms with E-state index in [2.05, 4.69) is 24.3 Å². The summed E-state index contributed by atoms with van der Waals surface area (Å²) in [5.41, 5.74) is 2.66. The number of Topliss-reactive ketones (excluding diaryl/α,β-unsaturated/α-hetero) is 1. The summed E-state index contributed by atoms with van der Waals surface area (Å²) in [7, 11) is 0. The standard InChI is InChI=1S/C19H23NO2/c21-18-14-6-3-7-15(18)11-17(10-14)19(22)20-9-8-13-4-1-2-5-16(13)12-20/h1-2,4-5,14-15,17H,3,6-12H2. The van der Waals surface area contributed by atoms with E-state index in [0.717, 1.165) is 45.2 Å². The summed E-state index contributed by atoms with van der Waals surface area (Å²) in [4.78, 5) is 27.1. The first-order chi connectivity index (χ1) is 10.7. The lowest BCUT2D eigenvalue weighted by Gasteiger charge is -2.39. The minimum Gasteiger partial charge on any atom is -0.338 e. The van der Waals surface area contributed by atoms with Gasteiger partial charge in [-0.25, -0.2) is 0 Å². The highest BCUT2D eigenvalue weighted by molar-refractivity contribution is 5.88. The van der Waals surface area contributed by atoms with Crippen LogP contribution in [0.3, 0.4) is 0 Å². The molecule has 4 rings (SSSR count). The van der Waals surface area contributed by atoms with Gasteiger partial charge in [0.25, 0.3) is 0 Å². The van der Waals surface area contributed by atoms with Crippen molar-refractivity contribution in [2.75, 3.05) is 6.54 Å². The van der Waals surface area contributed by atoms with Crippen molar-refractivity contribution >= 4 is 11.7 Å². The van der Waals surface area contributed by atoms with Crippen LogP contribution in [-0.4, -0.2) is 23.1 Å². The van der Waals surface area contributed by atoms with E-state index >= 15 is 0 Å². The number of carbonyl (C=O) groups is 2. The van der Waals surface area contributed by atoms with E-state index in [9.17, 15) is 9.59 Å². The molecule has 116 valence electrons. The predicted octanol–water partition coefficient (Wildman–Crippen LogP) is 2.97. The number of nitrogens with zero attached hydrogens (tertiary/aromatic N) is 1. The Kier molecular flexibility index (Phi) is 3.51. The van der Waals surface area contributed by atoms with E-state index in [1.807, 2.05) is 4.90 Å². The quantitative estimate of drug-likeness (QED) is 0.799. The molecular weight excluding hydrogens is 274 g/mol. The number of fused-ring (bicyclic) bond motifs is 3. The Morgan fingerprint density at radius 2 is 1.73 bits per heavy atom. The van der Waals surface area contributed by atoms with Crippen LogP contribution in [0, 0.1) is 17.8 Å². The zero-order valence-corrected chi connectivity index (χ0v) is 13.0. The topological polar surface area (TPSA) is 37.4 Å². The summed E-state index contributed by atoms with van der Waals surface area (Å²) in [6, 6.07) is 8.43. The van der Waals surface area contributed by atoms with E-state index in [-0.39, 0.29) is 17.8 Å². The maximum absolute atomic E-state index is 12.9. The number of hydrogen-bond donors (Lipinski definition) is 0. The fraction of sp³-hybridized carbons (Fsp3) is 0.579. The Morgan fingerprint density at radius 3 is 2.45 bits per heavy atom. The van der Waals surface area contributed by atoms with Gasteiger partial charge in [-0.3, -0.25) is 9.59 Å². The molecule has 1 heterocycles. The molecule has 1 aromatic carbocycles. The molecule has 0 radical (unpaired) electrons. The SMILES string of the molecule is O=C1C2CCCC1CC(C(=O)N1CCc3ccccc3C1)C2. The molecule has 2 saturated carbocycles. The van der Waals surface area contributed by atoms with Crippen molar-refractivity contribution in [1.82, 2.24) is 4.90 Å². The first-order valence-corrected chi connectivity index (χ1v) is 8.61. The highest BCUT2D eigenvalue weighted by Crippen LogP contribution is 2.41. The normalized spacial score (nSPS) is 30.8. The highest BCUT2D eigenvalue weighted by Gasteiger charge is 2.42. The van der Waals surface area contributed by atoms with Crippen LogP contribution in [-0.2, 0) is 22.6 Å². The number of ketones is 1. The van der Waals surface area contributed by atoms with Crippen LogP contribution in [0.15, 0.2) is 24.3 Å². The minimum atomic E-state index is 0.0817. The lowest BCUT2D eigenvalue weighted by molar-refractivity contribution is -0.143. The Labute approximate surface area is 131 Å². The van der Waals surface area contributed by atoms with Crippen LogP contribution in [0.25, 0.3) is 0 Å². The predicted molar refractivity (Wildman–Crippen MR) is 84.1 cm³/mol. The van der Waals surface area contributed by atoms with Gasteiger partial charge in [-0.1, -0.05) is 30.7 Å².